The third-order valence-corrected chi connectivity index (χ3v) is 9.09. The van der Waals surface area contributed by atoms with Gasteiger partial charge in [-0.1, -0.05) is 40.9 Å². The number of halogens is 4. The Labute approximate surface area is 311 Å². The number of hydrogen-bond donors (Lipinski definition) is 2. The first-order chi connectivity index (χ1) is 20.4. The van der Waals surface area contributed by atoms with Crippen LogP contribution >= 0.6 is 35.6 Å². The van der Waals surface area contributed by atoms with Gasteiger partial charge >= 0.3 is 29.0 Å². The van der Waals surface area contributed by atoms with Gasteiger partial charge in [-0.3, -0.25) is 9.59 Å². The van der Waals surface area contributed by atoms with Crippen molar-refractivity contribution in [2.45, 2.75) is 29.9 Å². The van der Waals surface area contributed by atoms with Crippen molar-refractivity contribution in [2.24, 2.45) is 5.73 Å². The van der Waals surface area contributed by atoms with Gasteiger partial charge in [-0.15, -0.1) is 24.0 Å². The number of aliphatic carboxylic acids is 1. The maximum atomic E-state index is 13.4. The Hall–Kier alpha value is -2.19. The number of carboxylic acids is 1. The molecule has 8 nitrogen and oxygen atoms in total. The van der Waals surface area contributed by atoms with Crippen LogP contribution in [-0.4, -0.2) is 71.8 Å². The molecule has 0 spiro atoms. The molecule has 14 heteroatoms. The van der Waals surface area contributed by atoms with Gasteiger partial charge in [-0.05, 0) is 73.0 Å². The number of hydrogen-bond acceptors (Lipinski definition) is 6. The molecule has 4 aromatic carbocycles. The molecule has 0 radical (unpaired) electrons. The van der Waals surface area contributed by atoms with Crippen LogP contribution in [0.5, 0.6) is 5.75 Å². The average molecular weight is 781 g/mol. The third-order valence-electron chi connectivity index (χ3n) is 6.79. The zero-order valence-electron chi connectivity index (χ0n) is 24.6. The molecule has 5 rings (SSSR count). The van der Waals surface area contributed by atoms with E-state index in [9.17, 15) is 18.0 Å². The van der Waals surface area contributed by atoms with Crippen molar-refractivity contribution >= 4 is 80.4 Å². The summed E-state index contributed by atoms with van der Waals surface area (Å²) in [7, 11) is -3.88. The Morgan fingerprint density at radius 2 is 1.54 bits per heavy atom. The fourth-order valence-electron chi connectivity index (χ4n) is 4.43. The molecule has 1 saturated heterocycles. The van der Waals surface area contributed by atoms with Crippen molar-refractivity contribution in [3.63, 3.8) is 0 Å². The van der Waals surface area contributed by atoms with Crippen LogP contribution in [0.2, 0.25) is 10.0 Å². The number of ketones is 1. The second-order valence-electron chi connectivity index (χ2n) is 9.97. The van der Waals surface area contributed by atoms with Crippen molar-refractivity contribution in [3.8, 4) is 5.75 Å². The summed E-state index contributed by atoms with van der Waals surface area (Å²) >= 11 is 11.6. The summed E-state index contributed by atoms with van der Waals surface area (Å²) < 4.78 is 34.4. The van der Waals surface area contributed by atoms with E-state index in [1.165, 1.54) is 23.4 Å². The number of nitrogens with zero attached hydrogens (tertiary/aromatic N) is 1. The molecule has 1 aliphatic rings. The van der Waals surface area contributed by atoms with Crippen LogP contribution < -0.4 is 27.5 Å². The number of nitrogens with two attached hydrogens (primary N) is 1. The van der Waals surface area contributed by atoms with Crippen molar-refractivity contribution in [2.75, 3.05) is 13.1 Å². The summed E-state index contributed by atoms with van der Waals surface area (Å²) in [4.78, 5) is 22.7. The van der Waals surface area contributed by atoms with Crippen molar-refractivity contribution in [3.05, 3.63) is 130 Å². The van der Waals surface area contributed by atoms with Gasteiger partial charge in [0.2, 0.25) is 10.0 Å². The number of ether oxygens (including phenoxy) is 1. The predicted molar refractivity (Wildman–Crippen MR) is 178 cm³/mol. The minimum absolute atomic E-state index is 0. The topological polar surface area (TPSA) is 127 Å². The van der Waals surface area contributed by atoms with E-state index < -0.39 is 27.6 Å². The summed E-state index contributed by atoms with van der Waals surface area (Å²) in [5.74, 6) is -0.731. The molecule has 3 N–H and O–H groups in total. The molecule has 0 aliphatic carbocycles. The molecule has 4 aromatic rings. The molecule has 1 aliphatic heterocycles. The number of carbonyl (C=O) groups excluding carboxylic acids is 1. The first kappa shape index (κ1) is 41.8. The van der Waals surface area contributed by atoms with E-state index in [1.54, 1.807) is 84.9 Å². The monoisotopic (exact) mass is 778 g/mol. The molecule has 46 heavy (non-hydrogen) atoms. The quantitative estimate of drug-likeness (QED) is 0.152. The number of carbonyl (C=O) groups is 2. The van der Waals surface area contributed by atoms with Crippen LogP contribution in [0.15, 0.2) is 102 Å². The van der Waals surface area contributed by atoms with E-state index in [-0.39, 0.29) is 82.6 Å². The maximum Gasteiger partial charge on any atom is 2.00 e. The third kappa shape index (κ3) is 10.7. The van der Waals surface area contributed by atoms with Gasteiger partial charge in [0.1, 0.15) is 11.8 Å². The molecule has 1 atom stereocenters. The fourth-order valence-corrected chi connectivity index (χ4v) is 6.28. The first-order valence-electron chi connectivity index (χ1n) is 13.1. The van der Waals surface area contributed by atoms with Gasteiger partial charge in [-0.25, -0.2) is 8.42 Å². The van der Waals surface area contributed by atoms with E-state index in [4.69, 9.17) is 38.8 Å². The molecular formula is C32H30BrCl3MgN2O6S. The van der Waals surface area contributed by atoms with E-state index >= 15 is 0 Å². The summed E-state index contributed by atoms with van der Waals surface area (Å²) in [6, 6.07) is 28.7. The molecule has 1 unspecified atom stereocenters. The normalized spacial score (nSPS) is 13.9. The van der Waals surface area contributed by atoms with Gasteiger partial charge in [0.05, 0.1) is 18.0 Å². The van der Waals surface area contributed by atoms with Gasteiger partial charge < -0.3 is 32.6 Å². The summed E-state index contributed by atoms with van der Waals surface area (Å²) in [5.41, 5.74) is 6.47. The minimum atomic E-state index is -3.88. The average Bonchev–Trinajstić information content (AvgIpc) is 2.96. The van der Waals surface area contributed by atoms with Crippen LogP contribution in [0.4, 0.5) is 0 Å². The number of sulfonamides is 1. The van der Waals surface area contributed by atoms with Crippen molar-refractivity contribution < 1.29 is 44.8 Å². The fraction of sp³-hybridized carbons (Fsp3) is 0.188. The van der Waals surface area contributed by atoms with E-state index in [0.717, 1.165) is 10.6 Å². The van der Waals surface area contributed by atoms with E-state index in [2.05, 4.69) is 6.07 Å². The number of Topliss-reactive ketones (excluding diaryl/α,β-unsaturated/α-hetero) is 1. The minimum Gasteiger partial charge on any atom is -1.00 e. The molecule has 1 heterocycles. The largest absolute Gasteiger partial charge is 2.00 e. The standard InChI is InChI=1S/C26H25ClN2O6S.C6H4Cl.BrH.ClH.Mg/c1-17(30)19-5-11-22(12-6-19)35-26(20-7-9-21(27)10-8-20)15-29(16-26)36(33,34)23-4-2-3-18(13-23)14-24(28)25(31)32;7-6-4-2-1-3-5-6;;;/h2-13,24H,14-16,28H2,1H3,(H,31,32);2-5H;2*1H;/q;-1;;;+2/p-1. The number of rotatable bonds is 9. The van der Waals surface area contributed by atoms with Crippen LogP contribution in [0.1, 0.15) is 28.4 Å². The van der Waals surface area contributed by atoms with Crippen molar-refractivity contribution in [1.82, 2.24) is 4.31 Å². The van der Waals surface area contributed by atoms with Crippen LogP contribution in [0.3, 0.4) is 0 Å². The van der Waals surface area contributed by atoms with Gasteiger partial charge in [0.25, 0.3) is 0 Å². The predicted octanol–water partition coefficient (Wildman–Crippen LogP) is 2.66. The zero-order valence-corrected chi connectivity index (χ0v) is 30.8. The molecule has 240 valence electrons. The van der Waals surface area contributed by atoms with Crippen LogP contribution in [-0.2, 0) is 26.8 Å². The van der Waals surface area contributed by atoms with Crippen molar-refractivity contribution in [1.29, 1.82) is 0 Å². The summed E-state index contributed by atoms with van der Waals surface area (Å²) in [6.45, 7) is 1.57. The summed E-state index contributed by atoms with van der Waals surface area (Å²) in [6.07, 6.45) is 0.00672. The molecule has 0 amide bonds. The molecule has 0 bridgehead atoms. The molecule has 0 aromatic heterocycles. The van der Waals surface area contributed by atoms with Gasteiger partial charge in [0.15, 0.2) is 11.4 Å². The molecular weight excluding hydrogens is 751 g/mol. The van der Waals surface area contributed by atoms with Gasteiger partial charge in [0, 0.05) is 10.6 Å². The first-order valence-corrected chi connectivity index (χ1v) is 15.3. The Morgan fingerprint density at radius 1 is 0.978 bits per heavy atom. The van der Waals surface area contributed by atoms with E-state index in [1.807, 2.05) is 0 Å². The summed E-state index contributed by atoms with van der Waals surface area (Å²) in [5, 5.41) is 10.4. The second kappa shape index (κ2) is 18.4. The Kier molecular flexibility index (Phi) is 16.7. The van der Waals surface area contributed by atoms with E-state index in [0.29, 0.717) is 21.9 Å². The SMILES string of the molecule is CC(=O)c1ccc(OC2(c3ccc(Cl)cc3)CN(S(=O)(=O)c3cccc(CC(N)C(=O)O)c3)C2)cc1.Cl.Clc1cc[c-]cc1.[Br-].[Mg+2]. The Balaban J connectivity index is 0.000000938. The maximum absolute atomic E-state index is 13.4. The molecule has 0 saturated carbocycles. The zero-order chi connectivity index (χ0) is 31.2. The molecule has 1 fully saturated rings. The number of benzene rings is 4. The number of carboxylic acid groups (broad SMARTS) is 1. The van der Waals surface area contributed by atoms with Gasteiger partial charge in [-0.2, -0.15) is 34.6 Å². The van der Waals surface area contributed by atoms with Crippen LogP contribution in [0.25, 0.3) is 0 Å². The smallest absolute Gasteiger partial charge is 1.00 e. The Bertz CT molecular complexity index is 1690. The van der Waals surface area contributed by atoms with Crippen LogP contribution in [0, 0.1) is 6.07 Å². The second-order valence-corrected chi connectivity index (χ2v) is 12.8. The Morgan fingerprint density at radius 3 is 2.04 bits per heavy atom.